The van der Waals surface area contributed by atoms with Gasteiger partial charge in [-0.3, -0.25) is 4.68 Å². The fraction of sp³-hybridized carbons (Fsp3) is 0.533. The molecular weight excluding hydrogens is 282 g/mol. The molecule has 0 aliphatic carbocycles. The highest BCUT2D eigenvalue weighted by Gasteiger charge is 2.14. The number of pyridine rings is 1. The number of hydrogen-bond donors (Lipinski definition) is 2. The SMILES string of the molecule is CCCCN(CCO)C(=O)Nc1cnc2c(c1)c(C)nn2C. The van der Waals surface area contributed by atoms with Crippen molar-refractivity contribution >= 4 is 22.8 Å². The number of hydrogen-bond acceptors (Lipinski definition) is 4. The molecule has 22 heavy (non-hydrogen) atoms. The molecule has 2 aromatic heterocycles. The Bertz CT molecular complexity index is 653. The number of fused-ring (bicyclic) bond motifs is 1. The summed E-state index contributed by atoms with van der Waals surface area (Å²) in [4.78, 5) is 18.2. The van der Waals surface area contributed by atoms with Gasteiger partial charge >= 0.3 is 6.03 Å². The molecule has 0 bridgehead atoms. The third kappa shape index (κ3) is 3.54. The molecule has 2 N–H and O–H groups in total. The van der Waals surface area contributed by atoms with Crippen molar-refractivity contribution in [2.75, 3.05) is 25.0 Å². The summed E-state index contributed by atoms with van der Waals surface area (Å²) < 4.78 is 1.72. The van der Waals surface area contributed by atoms with Gasteiger partial charge in [0.25, 0.3) is 0 Å². The van der Waals surface area contributed by atoms with Crippen LogP contribution in [-0.4, -0.2) is 50.5 Å². The van der Waals surface area contributed by atoms with E-state index in [0.717, 1.165) is 29.6 Å². The van der Waals surface area contributed by atoms with E-state index in [1.54, 1.807) is 15.8 Å². The maximum Gasteiger partial charge on any atom is 0.321 e. The number of aryl methyl sites for hydroxylation is 2. The van der Waals surface area contributed by atoms with Crippen molar-refractivity contribution in [2.45, 2.75) is 26.7 Å². The van der Waals surface area contributed by atoms with Crippen molar-refractivity contribution in [3.63, 3.8) is 0 Å². The fourth-order valence-electron chi connectivity index (χ4n) is 2.36. The molecule has 0 saturated carbocycles. The minimum atomic E-state index is -0.217. The molecule has 2 heterocycles. The molecule has 0 unspecified atom stereocenters. The Labute approximate surface area is 129 Å². The zero-order valence-electron chi connectivity index (χ0n) is 13.3. The van der Waals surface area contributed by atoms with E-state index in [1.807, 2.05) is 20.0 Å². The van der Waals surface area contributed by atoms with Crippen LogP contribution in [0.25, 0.3) is 11.0 Å². The van der Waals surface area contributed by atoms with Gasteiger partial charge in [0, 0.05) is 25.5 Å². The van der Waals surface area contributed by atoms with Crippen molar-refractivity contribution in [1.29, 1.82) is 0 Å². The van der Waals surface area contributed by atoms with E-state index in [9.17, 15) is 4.79 Å². The largest absolute Gasteiger partial charge is 0.395 e. The van der Waals surface area contributed by atoms with Crippen molar-refractivity contribution in [1.82, 2.24) is 19.7 Å². The number of urea groups is 1. The number of aliphatic hydroxyl groups is 1. The molecule has 7 nitrogen and oxygen atoms in total. The highest BCUT2D eigenvalue weighted by molar-refractivity contribution is 5.92. The lowest BCUT2D eigenvalue weighted by molar-refractivity contribution is 0.187. The molecule has 7 heteroatoms. The first-order chi connectivity index (χ1) is 10.6. The van der Waals surface area contributed by atoms with Crippen molar-refractivity contribution < 1.29 is 9.90 Å². The van der Waals surface area contributed by atoms with Crippen LogP contribution in [0.3, 0.4) is 0 Å². The molecule has 0 atom stereocenters. The molecule has 0 radical (unpaired) electrons. The summed E-state index contributed by atoms with van der Waals surface area (Å²) >= 11 is 0. The lowest BCUT2D eigenvalue weighted by atomic mass is 10.2. The van der Waals surface area contributed by atoms with Gasteiger partial charge in [0.15, 0.2) is 5.65 Å². The number of unbranched alkanes of at least 4 members (excludes halogenated alkanes) is 1. The van der Waals surface area contributed by atoms with Crippen LogP contribution in [-0.2, 0) is 7.05 Å². The van der Waals surface area contributed by atoms with E-state index in [2.05, 4.69) is 22.3 Å². The average Bonchev–Trinajstić information content (AvgIpc) is 2.78. The minimum Gasteiger partial charge on any atom is -0.395 e. The maximum atomic E-state index is 12.3. The molecule has 2 amide bonds. The van der Waals surface area contributed by atoms with E-state index < -0.39 is 0 Å². The molecule has 0 saturated heterocycles. The fourth-order valence-corrected chi connectivity index (χ4v) is 2.36. The summed E-state index contributed by atoms with van der Waals surface area (Å²) in [7, 11) is 1.84. The van der Waals surface area contributed by atoms with Crippen molar-refractivity contribution in [3.05, 3.63) is 18.0 Å². The molecule has 0 aliphatic rings. The van der Waals surface area contributed by atoms with E-state index in [0.29, 0.717) is 18.8 Å². The summed E-state index contributed by atoms with van der Waals surface area (Å²) in [6, 6.07) is 1.66. The Balaban J connectivity index is 2.14. The molecular formula is C15H23N5O2. The van der Waals surface area contributed by atoms with Gasteiger partial charge in [-0.15, -0.1) is 0 Å². The molecule has 0 aromatic carbocycles. The Morgan fingerprint density at radius 1 is 1.45 bits per heavy atom. The number of aromatic nitrogens is 3. The third-order valence-electron chi connectivity index (χ3n) is 3.55. The number of amides is 2. The summed E-state index contributed by atoms with van der Waals surface area (Å²) in [5.41, 5.74) is 2.29. The zero-order valence-corrected chi connectivity index (χ0v) is 13.3. The normalized spacial score (nSPS) is 10.9. The number of nitrogens with zero attached hydrogens (tertiary/aromatic N) is 4. The van der Waals surface area contributed by atoms with Gasteiger partial charge in [-0.1, -0.05) is 13.3 Å². The topological polar surface area (TPSA) is 83.3 Å². The van der Waals surface area contributed by atoms with Crippen molar-refractivity contribution in [2.24, 2.45) is 7.05 Å². The second-order valence-electron chi connectivity index (χ2n) is 5.30. The predicted molar refractivity (Wildman–Crippen MR) is 85.8 cm³/mol. The lowest BCUT2D eigenvalue weighted by Crippen LogP contribution is -2.37. The average molecular weight is 305 g/mol. The molecule has 2 aromatic rings. The number of carbonyl (C=O) groups is 1. The number of aliphatic hydroxyl groups excluding tert-OH is 1. The van der Waals surface area contributed by atoms with Crippen LogP contribution in [0.4, 0.5) is 10.5 Å². The van der Waals surface area contributed by atoms with Gasteiger partial charge in [-0.05, 0) is 19.4 Å². The van der Waals surface area contributed by atoms with Gasteiger partial charge in [0.1, 0.15) is 0 Å². The van der Waals surface area contributed by atoms with Gasteiger partial charge in [0.05, 0.1) is 24.2 Å². The van der Waals surface area contributed by atoms with Gasteiger partial charge in [0.2, 0.25) is 0 Å². The Morgan fingerprint density at radius 3 is 2.91 bits per heavy atom. The van der Waals surface area contributed by atoms with Crippen molar-refractivity contribution in [3.8, 4) is 0 Å². The number of rotatable bonds is 6. The second kappa shape index (κ2) is 7.22. The van der Waals surface area contributed by atoms with E-state index in [-0.39, 0.29) is 12.6 Å². The third-order valence-corrected chi connectivity index (χ3v) is 3.55. The summed E-state index contributed by atoms with van der Waals surface area (Å²) in [5, 5.41) is 17.2. The van der Waals surface area contributed by atoms with Gasteiger partial charge < -0.3 is 15.3 Å². The van der Waals surface area contributed by atoms with Crippen LogP contribution < -0.4 is 5.32 Å². The monoisotopic (exact) mass is 305 g/mol. The first-order valence-corrected chi connectivity index (χ1v) is 7.53. The minimum absolute atomic E-state index is 0.0455. The first-order valence-electron chi connectivity index (χ1n) is 7.53. The van der Waals surface area contributed by atoms with Crippen LogP contribution >= 0.6 is 0 Å². The van der Waals surface area contributed by atoms with E-state index in [4.69, 9.17) is 5.11 Å². The summed E-state index contributed by atoms with van der Waals surface area (Å²) in [6.45, 7) is 4.89. The molecule has 0 spiro atoms. The van der Waals surface area contributed by atoms with Crippen LogP contribution in [0.2, 0.25) is 0 Å². The van der Waals surface area contributed by atoms with Crippen LogP contribution in [0.15, 0.2) is 12.3 Å². The van der Waals surface area contributed by atoms with E-state index >= 15 is 0 Å². The second-order valence-corrected chi connectivity index (χ2v) is 5.30. The molecule has 2 rings (SSSR count). The lowest BCUT2D eigenvalue weighted by Gasteiger charge is -2.21. The van der Waals surface area contributed by atoms with Crippen LogP contribution in [0.1, 0.15) is 25.5 Å². The number of nitrogens with one attached hydrogen (secondary N) is 1. The standard InChI is InChI=1S/C15H23N5O2/c1-4-5-6-20(7-8-21)15(22)17-12-9-13-11(2)18-19(3)14(13)16-10-12/h9-10,21H,4-8H2,1-3H3,(H,17,22). The number of carbonyl (C=O) groups excluding carboxylic acids is 1. The van der Waals surface area contributed by atoms with E-state index in [1.165, 1.54) is 0 Å². The predicted octanol–water partition coefficient (Wildman–Crippen LogP) is 1.90. The zero-order chi connectivity index (χ0) is 16.1. The Kier molecular flexibility index (Phi) is 5.32. The smallest absolute Gasteiger partial charge is 0.321 e. The first kappa shape index (κ1) is 16.2. The summed E-state index contributed by atoms with van der Waals surface area (Å²) in [6.07, 6.45) is 3.53. The highest BCUT2D eigenvalue weighted by Crippen LogP contribution is 2.19. The summed E-state index contributed by atoms with van der Waals surface area (Å²) in [5.74, 6) is 0. The van der Waals surface area contributed by atoms with Gasteiger partial charge in [-0.2, -0.15) is 5.10 Å². The molecule has 0 fully saturated rings. The van der Waals surface area contributed by atoms with Gasteiger partial charge in [-0.25, -0.2) is 9.78 Å². The Hall–Kier alpha value is -2.15. The Morgan fingerprint density at radius 2 is 2.23 bits per heavy atom. The molecule has 0 aliphatic heterocycles. The quantitative estimate of drug-likeness (QED) is 0.854. The van der Waals surface area contributed by atoms with Crippen LogP contribution in [0.5, 0.6) is 0 Å². The molecule has 120 valence electrons. The maximum absolute atomic E-state index is 12.3. The number of anilines is 1. The van der Waals surface area contributed by atoms with Crippen LogP contribution in [0, 0.1) is 6.92 Å². The highest BCUT2D eigenvalue weighted by atomic mass is 16.3.